The van der Waals surface area contributed by atoms with Crippen LogP contribution in [0.4, 0.5) is 5.69 Å². The highest BCUT2D eigenvalue weighted by Gasteiger charge is 2.42. The molecule has 2 atom stereocenters. The van der Waals surface area contributed by atoms with Gasteiger partial charge in [0.1, 0.15) is 11.3 Å². The van der Waals surface area contributed by atoms with E-state index in [4.69, 9.17) is 4.74 Å². The zero-order chi connectivity index (χ0) is 14.6. The highest BCUT2D eigenvalue weighted by Crippen LogP contribution is 2.37. The van der Waals surface area contributed by atoms with Crippen molar-refractivity contribution in [2.45, 2.75) is 44.6 Å². The van der Waals surface area contributed by atoms with Crippen molar-refractivity contribution in [2.24, 2.45) is 5.92 Å². The number of carboxylic acids is 1. The van der Waals surface area contributed by atoms with Gasteiger partial charge in [-0.2, -0.15) is 0 Å². The second-order valence-electron chi connectivity index (χ2n) is 5.61. The molecule has 0 saturated heterocycles. The molecule has 0 bridgehead atoms. The number of carbonyl (C=O) groups is 1. The molecule has 2 unspecified atom stereocenters. The van der Waals surface area contributed by atoms with E-state index in [-0.39, 0.29) is 0 Å². The number of aliphatic carboxylic acids is 1. The van der Waals surface area contributed by atoms with Gasteiger partial charge in [-0.15, -0.1) is 0 Å². The summed E-state index contributed by atoms with van der Waals surface area (Å²) >= 11 is 0. The van der Waals surface area contributed by atoms with Crippen molar-refractivity contribution >= 4 is 11.7 Å². The summed E-state index contributed by atoms with van der Waals surface area (Å²) in [6, 6.07) is 7.47. The molecule has 1 fully saturated rings. The van der Waals surface area contributed by atoms with Gasteiger partial charge in [-0.05, 0) is 30.9 Å². The van der Waals surface area contributed by atoms with Crippen molar-refractivity contribution in [3.63, 3.8) is 0 Å². The molecule has 1 aliphatic carbocycles. The Labute approximate surface area is 120 Å². The van der Waals surface area contributed by atoms with Gasteiger partial charge in [-0.25, -0.2) is 4.79 Å². The maximum Gasteiger partial charge on any atom is 0.329 e. The molecule has 0 spiro atoms. The van der Waals surface area contributed by atoms with Gasteiger partial charge in [-0.3, -0.25) is 0 Å². The number of carboxylic acid groups (broad SMARTS) is 1. The fourth-order valence-electron chi connectivity index (χ4n) is 3.08. The van der Waals surface area contributed by atoms with Crippen LogP contribution in [0, 0.1) is 5.92 Å². The van der Waals surface area contributed by atoms with Gasteiger partial charge in [0.2, 0.25) is 0 Å². The van der Waals surface area contributed by atoms with Gasteiger partial charge in [0.25, 0.3) is 0 Å². The summed E-state index contributed by atoms with van der Waals surface area (Å²) in [5.41, 5.74) is -0.0332. The zero-order valence-electron chi connectivity index (χ0n) is 12.2. The second-order valence-corrected chi connectivity index (χ2v) is 5.61. The standard InChI is InChI=1S/C16H23NO3/c1-3-12-6-5-9-16(11-12,15(18)19)17-13-7-4-8-14(10-13)20-2/h4,7-8,10,12,17H,3,5-6,9,11H2,1-2H3,(H,18,19). The van der Waals surface area contributed by atoms with E-state index in [0.717, 1.165) is 30.7 Å². The van der Waals surface area contributed by atoms with Crippen LogP contribution in [-0.4, -0.2) is 23.7 Å². The van der Waals surface area contributed by atoms with E-state index in [9.17, 15) is 9.90 Å². The van der Waals surface area contributed by atoms with Crippen LogP contribution in [0.1, 0.15) is 39.0 Å². The summed E-state index contributed by atoms with van der Waals surface area (Å²) < 4.78 is 5.19. The third-order valence-corrected chi connectivity index (χ3v) is 4.29. The fraction of sp³-hybridized carbons (Fsp3) is 0.562. The van der Waals surface area contributed by atoms with Crippen LogP contribution < -0.4 is 10.1 Å². The molecular weight excluding hydrogens is 254 g/mol. The Bertz CT molecular complexity index is 475. The molecule has 110 valence electrons. The van der Waals surface area contributed by atoms with Gasteiger partial charge in [0.15, 0.2) is 0 Å². The summed E-state index contributed by atoms with van der Waals surface area (Å²) in [4.78, 5) is 11.8. The highest BCUT2D eigenvalue weighted by molar-refractivity contribution is 5.83. The molecule has 0 aromatic heterocycles. The Kier molecular flexibility index (Phi) is 4.53. The molecule has 4 nitrogen and oxygen atoms in total. The zero-order valence-corrected chi connectivity index (χ0v) is 12.2. The Morgan fingerprint density at radius 1 is 1.55 bits per heavy atom. The van der Waals surface area contributed by atoms with E-state index in [1.165, 1.54) is 0 Å². The number of methoxy groups -OCH3 is 1. The summed E-state index contributed by atoms with van der Waals surface area (Å²) in [6.45, 7) is 2.13. The predicted molar refractivity (Wildman–Crippen MR) is 79.2 cm³/mol. The Balaban J connectivity index is 2.22. The minimum Gasteiger partial charge on any atom is -0.497 e. The summed E-state index contributed by atoms with van der Waals surface area (Å²) in [5.74, 6) is 0.467. The van der Waals surface area contributed by atoms with Crippen molar-refractivity contribution in [1.82, 2.24) is 0 Å². The topological polar surface area (TPSA) is 58.6 Å². The Morgan fingerprint density at radius 2 is 2.35 bits per heavy atom. The predicted octanol–water partition coefficient (Wildman–Crippen LogP) is 3.53. The van der Waals surface area contributed by atoms with E-state index < -0.39 is 11.5 Å². The number of hydrogen-bond acceptors (Lipinski definition) is 3. The monoisotopic (exact) mass is 277 g/mol. The van der Waals surface area contributed by atoms with Crippen molar-refractivity contribution in [3.8, 4) is 5.75 Å². The largest absolute Gasteiger partial charge is 0.497 e. The fourth-order valence-corrected chi connectivity index (χ4v) is 3.08. The molecule has 2 rings (SSSR count). The average Bonchev–Trinajstić information content (AvgIpc) is 2.47. The lowest BCUT2D eigenvalue weighted by Gasteiger charge is -2.38. The molecule has 1 aromatic carbocycles. The molecule has 1 saturated carbocycles. The molecule has 0 heterocycles. The van der Waals surface area contributed by atoms with Crippen molar-refractivity contribution in [3.05, 3.63) is 24.3 Å². The van der Waals surface area contributed by atoms with Crippen LogP contribution >= 0.6 is 0 Å². The summed E-state index contributed by atoms with van der Waals surface area (Å²) in [7, 11) is 1.61. The quantitative estimate of drug-likeness (QED) is 0.864. The number of nitrogens with one attached hydrogen (secondary N) is 1. The van der Waals surface area contributed by atoms with Gasteiger partial charge >= 0.3 is 5.97 Å². The molecule has 1 aromatic rings. The first-order valence-electron chi connectivity index (χ1n) is 7.25. The Hall–Kier alpha value is -1.71. The van der Waals surface area contributed by atoms with Gasteiger partial charge in [0, 0.05) is 11.8 Å². The maximum atomic E-state index is 11.8. The van der Waals surface area contributed by atoms with Crippen LogP contribution in [0.2, 0.25) is 0 Å². The van der Waals surface area contributed by atoms with Crippen molar-refractivity contribution in [2.75, 3.05) is 12.4 Å². The first-order chi connectivity index (χ1) is 9.59. The summed E-state index contributed by atoms with van der Waals surface area (Å²) in [6.07, 6.45) is 4.49. The number of benzene rings is 1. The first-order valence-corrected chi connectivity index (χ1v) is 7.25. The minimum atomic E-state index is -0.842. The van der Waals surface area contributed by atoms with Crippen LogP contribution in [0.15, 0.2) is 24.3 Å². The van der Waals surface area contributed by atoms with Crippen molar-refractivity contribution in [1.29, 1.82) is 0 Å². The van der Waals surface area contributed by atoms with E-state index in [1.54, 1.807) is 7.11 Å². The number of ether oxygens (including phenoxy) is 1. The first kappa shape index (κ1) is 14.7. The van der Waals surface area contributed by atoms with Gasteiger partial charge < -0.3 is 15.2 Å². The smallest absolute Gasteiger partial charge is 0.329 e. The van der Waals surface area contributed by atoms with Crippen molar-refractivity contribution < 1.29 is 14.6 Å². The lowest BCUT2D eigenvalue weighted by atomic mass is 9.74. The third-order valence-electron chi connectivity index (χ3n) is 4.29. The molecule has 1 aliphatic rings. The number of anilines is 1. The second kappa shape index (κ2) is 6.16. The Morgan fingerprint density at radius 3 is 3.00 bits per heavy atom. The number of rotatable bonds is 5. The molecule has 20 heavy (non-hydrogen) atoms. The SMILES string of the molecule is CCC1CCCC(Nc2cccc(OC)c2)(C(=O)O)C1. The highest BCUT2D eigenvalue weighted by atomic mass is 16.5. The van der Waals surface area contributed by atoms with Gasteiger partial charge in [0.05, 0.1) is 7.11 Å². The van der Waals surface area contributed by atoms with Crippen LogP contribution in [-0.2, 0) is 4.79 Å². The minimum absolute atomic E-state index is 0.484. The molecule has 0 aliphatic heterocycles. The normalized spacial score (nSPS) is 26.0. The third kappa shape index (κ3) is 3.06. The maximum absolute atomic E-state index is 11.8. The average molecular weight is 277 g/mol. The van der Waals surface area contributed by atoms with E-state index >= 15 is 0 Å². The van der Waals surface area contributed by atoms with E-state index in [2.05, 4.69) is 12.2 Å². The van der Waals surface area contributed by atoms with Crippen LogP contribution in [0.25, 0.3) is 0 Å². The van der Waals surface area contributed by atoms with Gasteiger partial charge in [-0.1, -0.05) is 32.3 Å². The van der Waals surface area contributed by atoms with E-state index in [0.29, 0.717) is 18.8 Å². The number of hydrogen-bond donors (Lipinski definition) is 2. The van der Waals surface area contributed by atoms with E-state index in [1.807, 2.05) is 24.3 Å². The molecule has 4 heteroatoms. The molecule has 0 radical (unpaired) electrons. The molecular formula is C16H23NO3. The van der Waals surface area contributed by atoms with Crippen LogP contribution in [0.5, 0.6) is 5.75 Å². The lowest BCUT2D eigenvalue weighted by Crippen LogP contribution is -2.49. The summed E-state index contributed by atoms with van der Waals surface area (Å²) in [5, 5.41) is 12.9. The molecule has 2 N–H and O–H groups in total. The molecule has 0 amide bonds. The lowest BCUT2D eigenvalue weighted by molar-refractivity contribution is -0.144. The van der Waals surface area contributed by atoms with Crippen LogP contribution in [0.3, 0.4) is 0 Å².